The molecule has 4 aromatic rings. The summed E-state index contributed by atoms with van der Waals surface area (Å²) >= 11 is 0. The molecule has 2 aliphatic rings. The second-order valence-electron chi connectivity index (χ2n) is 18.2. The quantitative estimate of drug-likeness (QED) is 0.0331. The van der Waals surface area contributed by atoms with Crippen LogP contribution in [0.15, 0.2) is 36.7 Å². The van der Waals surface area contributed by atoms with Crippen LogP contribution >= 0.6 is 0 Å². The lowest BCUT2D eigenvalue weighted by molar-refractivity contribution is -0.139. The Morgan fingerprint density at radius 3 is 1.89 bits per heavy atom. The molecule has 1 aromatic carbocycles. The largest absolute Gasteiger partial charge is 1.00 e. The van der Waals surface area contributed by atoms with Crippen LogP contribution in [0.4, 0.5) is 17.8 Å². The lowest BCUT2D eigenvalue weighted by Crippen LogP contribution is -3.00. The number of carbonyl (C=O) groups excluding carboxylic acids is 2. The van der Waals surface area contributed by atoms with Crippen LogP contribution in [0.25, 0.3) is 0 Å². The van der Waals surface area contributed by atoms with E-state index >= 15 is 0 Å². The summed E-state index contributed by atoms with van der Waals surface area (Å²) in [6.45, 7) is 13.8. The van der Waals surface area contributed by atoms with Crippen molar-refractivity contribution in [2.24, 2.45) is 23.3 Å². The summed E-state index contributed by atoms with van der Waals surface area (Å²) < 4.78 is 19.6. The van der Waals surface area contributed by atoms with E-state index in [0.717, 1.165) is 18.4 Å². The van der Waals surface area contributed by atoms with Crippen LogP contribution in [0.3, 0.4) is 0 Å². The van der Waals surface area contributed by atoms with Crippen molar-refractivity contribution in [1.29, 1.82) is 0 Å². The first-order chi connectivity index (χ1) is 34.8. The van der Waals surface area contributed by atoms with Crippen molar-refractivity contribution in [2.45, 2.75) is 84.0 Å². The maximum atomic E-state index is 14.4. The number of phenolic OH excluding ortho intramolecular Hbond substituents is 1. The molecule has 6 unspecified atom stereocenters. The van der Waals surface area contributed by atoms with Gasteiger partial charge in [0.25, 0.3) is 0 Å². The molecular formula is C48H72ClN16O8-. The standard InChI is InChI=1S/C48H72N16O8.ClH/c1-6-24-70-26-28-72-29-27-71-25-15-51-46-52-47(61-20-16-59(17-21-61)44(68)40(13-14-41(66)67)63-32-39(56-57-63)42(50)33(4)7-2)54-48(53-46)62-22-18-60(19-23-62)45(69)43(34(5)8-3)64-31-38(55-58-64)37(49)30-35-9-11-36(65)12-10-35;/h1,9-12,31-34,37,40,42-43,65H,7-8,13-30,49-50H2,2-5H3,(H,66,67)(H,51,52,53,54);1H/p-1. The minimum Gasteiger partial charge on any atom is -1.00 e. The molecule has 0 spiro atoms. The monoisotopic (exact) mass is 1040 g/mol. The van der Waals surface area contributed by atoms with Crippen LogP contribution in [-0.4, -0.2) is 181 Å². The van der Waals surface area contributed by atoms with E-state index in [1.807, 2.05) is 54.5 Å². The van der Waals surface area contributed by atoms with E-state index in [2.05, 4.69) is 31.9 Å². The number of piperazine rings is 2. The number of terminal acetylenes is 1. The van der Waals surface area contributed by atoms with Crippen LogP contribution in [0.5, 0.6) is 5.75 Å². The lowest BCUT2D eigenvalue weighted by Gasteiger charge is -2.38. The third kappa shape index (κ3) is 16.4. The molecule has 6 atom stereocenters. The first-order valence-corrected chi connectivity index (χ1v) is 24.9. The van der Waals surface area contributed by atoms with E-state index in [0.29, 0.717) is 128 Å². The van der Waals surface area contributed by atoms with Crippen molar-refractivity contribution >= 4 is 35.6 Å². The number of phenols is 1. The molecule has 5 heterocycles. The van der Waals surface area contributed by atoms with Gasteiger partial charge in [-0.15, -0.1) is 16.6 Å². The number of nitrogens with zero attached hydrogens (tertiary/aromatic N) is 13. The Labute approximate surface area is 432 Å². The minimum atomic E-state index is -1.02. The number of carboxylic acid groups (broad SMARTS) is 1. The van der Waals surface area contributed by atoms with Crippen molar-refractivity contribution in [3.8, 4) is 18.1 Å². The maximum absolute atomic E-state index is 14.4. The number of carboxylic acids is 1. The third-order valence-corrected chi connectivity index (χ3v) is 13.2. The van der Waals surface area contributed by atoms with Crippen molar-refractivity contribution in [3.63, 3.8) is 0 Å². The van der Waals surface area contributed by atoms with Gasteiger partial charge in [-0.05, 0) is 42.4 Å². The molecule has 3 aromatic heterocycles. The summed E-state index contributed by atoms with van der Waals surface area (Å²) in [5.41, 5.74) is 15.0. The molecule has 2 aliphatic heterocycles. The van der Waals surface area contributed by atoms with Gasteiger partial charge in [0, 0.05) is 65.3 Å². The van der Waals surface area contributed by atoms with Gasteiger partial charge in [-0.3, -0.25) is 14.4 Å². The van der Waals surface area contributed by atoms with Gasteiger partial charge in [-0.2, -0.15) is 15.0 Å². The van der Waals surface area contributed by atoms with Crippen molar-refractivity contribution in [2.75, 3.05) is 114 Å². The van der Waals surface area contributed by atoms with Crippen molar-refractivity contribution in [1.82, 2.24) is 54.7 Å². The second-order valence-corrected chi connectivity index (χ2v) is 18.2. The predicted molar refractivity (Wildman–Crippen MR) is 267 cm³/mol. The van der Waals surface area contributed by atoms with E-state index < -0.39 is 24.1 Å². The van der Waals surface area contributed by atoms with Crippen LogP contribution in [-0.2, 0) is 35.0 Å². The molecule has 6 rings (SSSR count). The minimum absolute atomic E-state index is 0. The number of rotatable bonds is 28. The summed E-state index contributed by atoms with van der Waals surface area (Å²) in [4.78, 5) is 62.3. The summed E-state index contributed by atoms with van der Waals surface area (Å²) in [5, 5.41) is 39.8. The SMILES string of the molecule is C#CCOCCOCCOCCNc1nc(N2CCN(C(=O)C(CCC(=O)O)n3cc(C(N)C(C)CC)nn3)CC2)nc(N2CCN(C(=O)C(C(C)CC)n3cc(C(N)Cc4ccc(O)cc4)nn3)CC2)n1.[Cl-]. The number of hydrogen-bond acceptors (Lipinski definition) is 19. The number of aliphatic carboxylic acids is 1. The molecule has 73 heavy (non-hydrogen) atoms. The van der Waals surface area contributed by atoms with Gasteiger partial charge in [-0.1, -0.05) is 69.0 Å². The molecule has 25 heteroatoms. The number of carbonyl (C=O) groups is 3. The summed E-state index contributed by atoms with van der Waals surface area (Å²) in [5.74, 6) is 2.53. The Morgan fingerprint density at radius 1 is 0.753 bits per heavy atom. The fourth-order valence-corrected chi connectivity index (χ4v) is 8.37. The predicted octanol–water partition coefficient (Wildman–Crippen LogP) is -1.16. The number of hydrogen-bond donors (Lipinski definition) is 5. The zero-order valence-electron chi connectivity index (χ0n) is 42.3. The fourth-order valence-electron chi connectivity index (χ4n) is 8.37. The average molecular weight is 1040 g/mol. The normalized spacial score (nSPS) is 16.5. The molecule has 400 valence electrons. The first-order valence-electron chi connectivity index (χ1n) is 24.9. The van der Waals surface area contributed by atoms with Crippen LogP contribution < -0.4 is 39.0 Å². The van der Waals surface area contributed by atoms with Gasteiger partial charge in [0.1, 0.15) is 24.4 Å². The summed E-state index contributed by atoms with van der Waals surface area (Å²) in [6.07, 6.45) is 10.5. The number of anilines is 3. The van der Waals surface area contributed by atoms with Crippen LogP contribution in [0.1, 0.15) is 94.5 Å². The Kier molecular flexibility index (Phi) is 22.8. The summed E-state index contributed by atoms with van der Waals surface area (Å²) in [6, 6.07) is 4.56. The zero-order chi connectivity index (χ0) is 51.6. The van der Waals surface area contributed by atoms with Crippen molar-refractivity contribution < 1.29 is 51.2 Å². The molecule has 7 N–H and O–H groups in total. The molecular weight excluding hydrogens is 964 g/mol. The number of benzene rings is 1. The Bertz CT molecular complexity index is 2370. The smallest absolute Gasteiger partial charge is 0.303 e. The Hall–Kier alpha value is -6.23. The summed E-state index contributed by atoms with van der Waals surface area (Å²) in [7, 11) is 0. The van der Waals surface area contributed by atoms with E-state index in [9.17, 15) is 24.6 Å². The molecule has 2 amide bonds. The van der Waals surface area contributed by atoms with Gasteiger partial charge in [0.15, 0.2) is 0 Å². The third-order valence-electron chi connectivity index (χ3n) is 13.2. The molecule has 0 radical (unpaired) electrons. The number of aromatic nitrogens is 9. The van der Waals surface area contributed by atoms with E-state index in [4.69, 9.17) is 47.1 Å². The van der Waals surface area contributed by atoms with Gasteiger partial charge < -0.3 is 73.2 Å². The molecule has 0 aliphatic carbocycles. The molecule has 0 bridgehead atoms. The number of nitrogens with two attached hydrogens (primary N) is 2. The van der Waals surface area contributed by atoms with Gasteiger partial charge in [0.05, 0.1) is 68.9 Å². The van der Waals surface area contributed by atoms with Gasteiger partial charge >= 0.3 is 5.97 Å². The average Bonchev–Trinajstić information content (AvgIpc) is 4.09. The highest BCUT2D eigenvalue weighted by Gasteiger charge is 2.35. The fraction of sp³-hybridized carbons (Fsp3) is 0.625. The maximum Gasteiger partial charge on any atom is 0.303 e. The van der Waals surface area contributed by atoms with Crippen LogP contribution in [0.2, 0.25) is 0 Å². The Morgan fingerprint density at radius 2 is 1.30 bits per heavy atom. The first kappa shape index (κ1) is 57.7. The molecule has 0 saturated carbocycles. The van der Waals surface area contributed by atoms with Crippen LogP contribution in [0, 0.1) is 24.2 Å². The number of amides is 2. The zero-order valence-corrected chi connectivity index (χ0v) is 43.1. The highest BCUT2D eigenvalue weighted by molar-refractivity contribution is 5.82. The van der Waals surface area contributed by atoms with E-state index in [-0.39, 0.29) is 67.3 Å². The van der Waals surface area contributed by atoms with E-state index in [1.165, 1.54) is 4.68 Å². The highest BCUT2D eigenvalue weighted by atomic mass is 35.5. The number of halogens is 1. The van der Waals surface area contributed by atoms with Gasteiger partial charge in [0.2, 0.25) is 29.7 Å². The topological polar surface area (TPSA) is 296 Å². The second kappa shape index (κ2) is 28.9. The lowest BCUT2D eigenvalue weighted by atomic mass is 9.97. The number of ether oxygens (including phenoxy) is 3. The van der Waals surface area contributed by atoms with E-state index in [1.54, 1.807) is 34.1 Å². The highest BCUT2D eigenvalue weighted by Crippen LogP contribution is 2.28. The molecule has 2 fully saturated rings. The number of aromatic hydroxyl groups is 1. The number of nitrogens with one attached hydrogen (secondary N) is 1. The van der Waals surface area contributed by atoms with Gasteiger partial charge in [-0.25, -0.2) is 9.36 Å². The Balaban J connectivity index is 0.00000988. The molecule has 2 saturated heterocycles. The van der Waals surface area contributed by atoms with Crippen molar-refractivity contribution in [3.05, 3.63) is 53.6 Å². The molecule has 24 nitrogen and oxygen atoms in total.